The van der Waals surface area contributed by atoms with E-state index in [0.717, 1.165) is 103 Å². The van der Waals surface area contributed by atoms with Crippen LogP contribution in [0.1, 0.15) is 252 Å². The first-order valence-corrected chi connectivity index (χ1v) is 26.4. The van der Waals surface area contributed by atoms with E-state index in [1.807, 2.05) is 0 Å². The molecule has 6 nitrogen and oxygen atoms in total. The third-order valence-electron chi connectivity index (χ3n) is 11.2. The lowest BCUT2D eigenvalue weighted by atomic mass is 10.1. The van der Waals surface area contributed by atoms with Gasteiger partial charge in [-0.05, 0) is 109 Å². The predicted octanol–water partition coefficient (Wildman–Crippen LogP) is 17.4. The molecule has 0 bridgehead atoms. The average molecular weight is 879 g/mol. The van der Waals surface area contributed by atoms with Gasteiger partial charge in [-0.3, -0.25) is 14.4 Å². The van der Waals surface area contributed by atoms with Gasteiger partial charge in [0.1, 0.15) is 13.2 Å². The highest BCUT2D eigenvalue weighted by Gasteiger charge is 2.19. The highest BCUT2D eigenvalue weighted by Crippen LogP contribution is 2.14. The van der Waals surface area contributed by atoms with Crippen molar-refractivity contribution in [3.8, 4) is 0 Å². The van der Waals surface area contributed by atoms with Gasteiger partial charge in [-0.15, -0.1) is 0 Å². The molecule has 0 N–H and O–H groups in total. The molecule has 0 aromatic carbocycles. The van der Waals surface area contributed by atoms with E-state index in [2.05, 4.69) is 93.7 Å². The molecule has 63 heavy (non-hydrogen) atoms. The maximum atomic E-state index is 12.8. The molecule has 0 spiro atoms. The fourth-order valence-electron chi connectivity index (χ4n) is 7.19. The Kier molecular flexibility index (Phi) is 48.9. The van der Waals surface area contributed by atoms with E-state index < -0.39 is 6.10 Å². The summed E-state index contributed by atoms with van der Waals surface area (Å²) in [6.45, 7) is 6.47. The molecular weight excluding hydrogens is 781 g/mol. The van der Waals surface area contributed by atoms with E-state index in [0.29, 0.717) is 19.3 Å². The van der Waals surface area contributed by atoms with Gasteiger partial charge in [0.2, 0.25) is 0 Å². The first-order valence-electron chi connectivity index (χ1n) is 26.4. The van der Waals surface area contributed by atoms with Crippen LogP contribution in [0.4, 0.5) is 0 Å². The molecule has 0 unspecified atom stereocenters. The van der Waals surface area contributed by atoms with Crippen LogP contribution in [0.2, 0.25) is 0 Å². The second kappa shape index (κ2) is 51.5. The van der Waals surface area contributed by atoms with Gasteiger partial charge in [0.25, 0.3) is 0 Å². The SMILES string of the molecule is CC/C=C\C/C=C\C/C=C\C/C=C\CCCCC(=O)OC[C@@H](COC(=O)CCCCCCC/C=C\CCCCCCCC)OC(=O)CCCCCCC/C=C\CCCCCCCC. The zero-order valence-electron chi connectivity index (χ0n) is 41.3. The average Bonchev–Trinajstić information content (AvgIpc) is 3.28. The topological polar surface area (TPSA) is 78.9 Å². The molecule has 0 aliphatic rings. The van der Waals surface area contributed by atoms with Crippen LogP contribution in [-0.4, -0.2) is 37.2 Å². The molecule has 0 aromatic heterocycles. The molecule has 0 saturated carbocycles. The lowest BCUT2D eigenvalue weighted by molar-refractivity contribution is -0.167. The van der Waals surface area contributed by atoms with E-state index in [1.165, 1.54) is 109 Å². The van der Waals surface area contributed by atoms with Crippen molar-refractivity contribution < 1.29 is 28.6 Å². The quantitative estimate of drug-likeness (QED) is 0.0262. The molecule has 1 atom stereocenters. The zero-order valence-corrected chi connectivity index (χ0v) is 41.3. The third-order valence-corrected chi connectivity index (χ3v) is 11.2. The number of esters is 3. The maximum absolute atomic E-state index is 12.8. The van der Waals surface area contributed by atoms with Crippen LogP contribution in [-0.2, 0) is 28.6 Å². The lowest BCUT2D eigenvalue weighted by Gasteiger charge is -2.18. The van der Waals surface area contributed by atoms with Crippen LogP contribution < -0.4 is 0 Å². The number of carbonyl (C=O) groups excluding carboxylic acids is 3. The number of rotatable bonds is 47. The Morgan fingerprint density at radius 3 is 1.02 bits per heavy atom. The molecule has 0 amide bonds. The summed E-state index contributed by atoms with van der Waals surface area (Å²) in [6, 6.07) is 0. The number of allylic oxidation sites excluding steroid dienone is 12. The largest absolute Gasteiger partial charge is 0.462 e. The molecule has 0 aromatic rings. The maximum Gasteiger partial charge on any atom is 0.306 e. The highest BCUT2D eigenvalue weighted by molar-refractivity contribution is 5.71. The standard InChI is InChI=1S/C57H98O6/c1-4-7-10-13-16-19-22-25-28-31-34-37-40-43-46-49-55(58)61-52-54(63-57(60)51-48-45-42-39-36-33-30-27-24-21-18-15-12-9-6-3)53-62-56(59)50-47-44-41-38-35-32-29-26-23-20-17-14-11-8-5-2/h7,10,16,19,25-30,34,37,54H,4-6,8-9,11-15,17-18,20-24,31-33,35-36,38-53H2,1-3H3/b10-7-,19-16-,28-25-,29-26-,30-27-,37-34-/t54-/m0/s1. The Morgan fingerprint density at radius 1 is 0.333 bits per heavy atom. The smallest absolute Gasteiger partial charge is 0.306 e. The minimum Gasteiger partial charge on any atom is -0.462 e. The normalized spacial score (nSPS) is 12.6. The van der Waals surface area contributed by atoms with Crippen LogP contribution in [0.5, 0.6) is 0 Å². The summed E-state index contributed by atoms with van der Waals surface area (Å²) >= 11 is 0. The third kappa shape index (κ3) is 49.7. The molecule has 6 heteroatoms. The van der Waals surface area contributed by atoms with Crippen molar-refractivity contribution in [3.05, 3.63) is 72.9 Å². The monoisotopic (exact) mass is 879 g/mol. The van der Waals surface area contributed by atoms with Crippen molar-refractivity contribution in [2.45, 2.75) is 258 Å². The van der Waals surface area contributed by atoms with Crippen molar-refractivity contribution >= 4 is 17.9 Å². The fraction of sp³-hybridized carbons (Fsp3) is 0.737. The summed E-state index contributed by atoms with van der Waals surface area (Å²) in [5, 5.41) is 0. The van der Waals surface area contributed by atoms with Gasteiger partial charge in [0.15, 0.2) is 6.10 Å². The van der Waals surface area contributed by atoms with E-state index in [9.17, 15) is 14.4 Å². The summed E-state index contributed by atoms with van der Waals surface area (Å²) in [4.78, 5) is 38.0. The molecule has 0 heterocycles. The summed E-state index contributed by atoms with van der Waals surface area (Å²) in [6.07, 6.45) is 64.6. The van der Waals surface area contributed by atoms with Crippen molar-refractivity contribution in [3.63, 3.8) is 0 Å². The minimum atomic E-state index is -0.799. The van der Waals surface area contributed by atoms with Gasteiger partial charge in [-0.2, -0.15) is 0 Å². The van der Waals surface area contributed by atoms with E-state index in [1.54, 1.807) is 0 Å². The van der Waals surface area contributed by atoms with Gasteiger partial charge in [0, 0.05) is 19.3 Å². The number of hydrogen-bond donors (Lipinski definition) is 0. The van der Waals surface area contributed by atoms with Crippen LogP contribution in [0, 0.1) is 0 Å². The first-order chi connectivity index (χ1) is 31.0. The van der Waals surface area contributed by atoms with Gasteiger partial charge >= 0.3 is 17.9 Å². The number of carbonyl (C=O) groups is 3. The zero-order chi connectivity index (χ0) is 45.8. The molecule has 362 valence electrons. The molecular formula is C57H98O6. The highest BCUT2D eigenvalue weighted by atomic mass is 16.6. The fourth-order valence-corrected chi connectivity index (χ4v) is 7.19. The van der Waals surface area contributed by atoms with Crippen LogP contribution in [0.3, 0.4) is 0 Å². The Bertz CT molecular complexity index is 1190. The van der Waals surface area contributed by atoms with Crippen LogP contribution in [0.25, 0.3) is 0 Å². The lowest BCUT2D eigenvalue weighted by Crippen LogP contribution is -2.30. The predicted molar refractivity (Wildman–Crippen MR) is 270 cm³/mol. The van der Waals surface area contributed by atoms with Crippen LogP contribution in [0.15, 0.2) is 72.9 Å². The summed E-state index contributed by atoms with van der Waals surface area (Å²) in [5.41, 5.74) is 0. The Hall–Kier alpha value is -3.15. The van der Waals surface area contributed by atoms with Crippen molar-refractivity contribution in [1.82, 2.24) is 0 Å². The van der Waals surface area contributed by atoms with Gasteiger partial charge in [-0.25, -0.2) is 0 Å². The molecule has 0 aliphatic carbocycles. The Balaban J connectivity index is 4.47. The van der Waals surface area contributed by atoms with E-state index in [-0.39, 0.29) is 31.1 Å². The molecule has 0 saturated heterocycles. The van der Waals surface area contributed by atoms with Gasteiger partial charge < -0.3 is 14.2 Å². The summed E-state index contributed by atoms with van der Waals surface area (Å²) in [7, 11) is 0. The number of ether oxygens (including phenoxy) is 3. The molecule has 0 radical (unpaired) electrons. The van der Waals surface area contributed by atoms with Gasteiger partial charge in [-0.1, -0.05) is 196 Å². The van der Waals surface area contributed by atoms with Crippen molar-refractivity contribution in [1.29, 1.82) is 0 Å². The second-order valence-electron chi connectivity index (χ2n) is 17.4. The number of unbranched alkanes of at least 4 members (excludes halogenated alkanes) is 24. The molecule has 0 aliphatic heterocycles. The number of hydrogen-bond acceptors (Lipinski definition) is 6. The first kappa shape index (κ1) is 59.9. The second-order valence-corrected chi connectivity index (χ2v) is 17.4. The van der Waals surface area contributed by atoms with E-state index in [4.69, 9.17) is 14.2 Å². The Morgan fingerprint density at radius 2 is 0.619 bits per heavy atom. The minimum absolute atomic E-state index is 0.0961. The van der Waals surface area contributed by atoms with Crippen molar-refractivity contribution in [2.24, 2.45) is 0 Å². The summed E-state index contributed by atoms with van der Waals surface area (Å²) in [5.74, 6) is -0.953. The summed E-state index contributed by atoms with van der Waals surface area (Å²) < 4.78 is 16.8. The molecule has 0 rings (SSSR count). The Labute approximate surface area is 389 Å². The van der Waals surface area contributed by atoms with Crippen molar-refractivity contribution in [2.75, 3.05) is 13.2 Å². The molecule has 0 fully saturated rings. The van der Waals surface area contributed by atoms with Gasteiger partial charge in [0.05, 0.1) is 0 Å². The van der Waals surface area contributed by atoms with E-state index >= 15 is 0 Å². The van der Waals surface area contributed by atoms with Crippen LogP contribution >= 0.6 is 0 Å².